The molecule has 0 atom stereocenters. The van der Waals surface area contributed by atoms with Gasteiger partial charge < -0.3 is 0 Å². The molecule has 0 heterocycles. The molecular weight excluding hydrogens is 134 g/mol. The third-order valence-corrected chi connectivity index (χ3v) is 1.45. The first-order chi connectivity index (χ1) is 5.02. The summed E-state index contributed by atoms with van der Waals surface area (Å²) in [5.41, 5.74) is 0.846. The van der Waals surface area contributed by atoms with Crippen molar-refractivity contribution < 1.29 is 0 Å². The van der Waals surface area contributed by atoms with Crippen LogP contribution in [0.3, 0.4) is 0 Å². The summed E-state index contributed by atoms with van der Waals surface area (Å²) in [5, 5.41) is 8.52. The highest BCUT2D eigenvalue weighted by Crippen LogP contribution is 2.23. The van der Waals surface area contributed by atoms with E-state index in [1.54, 1.807) is 0 Å². The van der Waals surface area contributed by atoms with E-state index in [9.17, 15) is 0 Å². The van der Waals surface area contributed by atoms with E-state index >= 15 is 0 Å². The Morgan fingerprint density at radius 2 is 2.18 bits per heavy atom. The van der Waals surface area contributed by atoms with Crippen molar-refractivity contribution in [1.29, 1.82) is 5.26 Å². The molecule has 0 saturated heterocycles. The van der Waals surface area contributed by atoms with E-state index < -0.39 is 0 Å². The van der Waals surface area contributed by atoms with Crippen LogP contribution in [-0.4, -0.2) is 0 Å². The van der Waals surface area contributed by atoms with Gasteiger partial charge in [0.15, 0.2) is 0 Å². The number of nitrogens with zero attached hydrogens (tertiary/aromatic N) is 1. The van der Waals surface area contributed by atoms with Gasteiger partial charge in [0, 0.05) is 5.57 Å². The molecule has 0 unspecified atom stereocenters. The molecule has 0 amide bonds. The zero-order valence-electron chi connectivity index (χ0n) is 7.52. The fourth-order valence-electron chi connectivity index (χ4n) is 1.05. The monoisotopic (exact) mass is 149 g/mol. The molecule has 0 saturated carbocycles. The first-order valence-electron chi connectivity index (χ1n) is 3.72. The Kier molecular flexibility index (Phi) is 3.60. The van der Waals surface area contributed by atoms with Crippen LogP contribution >= 0.6 is 0 Å². The molecule has 11 heavy (non-hydrogen) atoms. The minimum atomic E-state index is 0.0710. The summed E-state index contributed by atoms with van der Waals surface area (Å²) in [7, 11) is 0. The second-order valence-corrected chi connectivity index (χ2v) is 3.42. The van der Waals surface area contributed by atoms with Crippen LogP contribution in [0.5, 0.6) is 0 Å². The number of nitriles is 1. The fourth-order valence-corrected chi connectivity index (χ4v) is 1.05. The zero-order chi connectivity index (χ0) is 8.91. The summed E-state index contributed by atoms with van der Waals surface area (Å²) in [6.45, 7) is 9.68. The summed E-state index contributed by atoms with van der Waals surface area (Å²) in [6.07, 6.45) is 4.77. The molecule has 0 radical (unpaired) electrons. The Morgan fingerprint density at radius 3 is 2.55 bits per heavy atom. The zero-order valence-corrected chi connectivity index (χ0v) is 7.52. The Balaban J connectivity index is 4.34. The number of hydrogen-bond donors (Lipinski definition) is 0. The van der Waals surface area contributed by atoms with Crippen molar-refractivity contribution >= 4 is 0 Å². The molecule has 0 aliphatic heterocycles. The second-order valence-electron chi connectivity index (χ2n) is 3.42. The highest BCUT2D eigenvalue weighted by Gasteiger charge is 2.11. The smallest absolute Gasteiger partial charge is 0.0940 e. The molecule has 0 aromatic rings. The van der Waals surface area contributed by atoms with E-state index in [1.807, 2.05) is 19.1 Å². The topological polar surface area (TPSA) is 23.8 Å². The average molecular weight is 149 g/mol. The minimum Gasteiger partial charge on any atom is -0.193 e. The lowest BCUT2D eigenvalue weighted by Gasteiger charge is -2.17. The van der Waals surface area contributed by atoms with E-state index in [2.05, 4.69) is 26.5 Å². The summed E-state index contributed by atoms with van der Waals surface area (Å²) >= 11 is 0. The maximum Gasteiger partial charge on any atom is 0.0940 e. The van der Waals surface area contributed by atoms with E-state index in [0.29, 0.717) is 0 Å². The lowest BCUT2D eigenvalue weighted by Crippen LogP contribution is -2.05. The fraction of sp³-hybridized carbons (Fsp3) is 0.500. The molecule has 0 bridgehead atoms. The van der Waals surface area contributed by atoms with Crippen molar-refractivity contribution in [3.63, 3.8) is 0 Å². The van der Waals surface area contributed by atoms with Crippen LogP contribution < -0.4 is 0 Å². The predicted molar refractivity (Wildman–Crippen MR) is 48.0 cm³/mol. The molecule has 0 aromatic heterocycles. The Labute approximate surface area is 69.0 Å². The van der Waals surface area contributed by atoms with Crippen molar-refractivity contribution in [2.75, 3.05) is 0 Å². The van der Waals surface area contributed by atoms with Gasteiger partial charge in [-0.3, -0.25) is 0 Å². The third-order valence-electron chi connectivity index (χ3n) is 1.45. The van der Waals surface area contributed by atoms with Crippen molar-refractivity contribution in [3.05, 3.63) is 24.3 Å². The van der Waals surface area contributed by atoms with Gasteiger partial charge in [-0.15, -0.1) is 6.58 Å². The van der Waals surface area contributed by atoms with Crippen molar-refractivity contribution in [3.8, 4) is 6.07 Å². The predicted octanol–water partition coefficient (Wildman–Crippen LogP) is 3.06. The van der Waals surface area contributed by atoms with Gasteiger partial charge in [-0.25, -0.2) is 0 Å². The lowest BCUT2D eigenvalue weighted by molar-refractivity contribution is 0.487. The van der Waals surface area contributed by atoms with Gasteiger partial charge in [0.2, 0.25) is 0 Å². The van der Waals surface area contributed by atoms with Crippen LogP contribution in [0.25, 0.3) is 0 Å². The Morgan fingerprint density at radius 1 is 1.64 bits per heavy atom. The Bertz CT molecular complexity index is 203. The standard InChI is InChI=1S/C10H15N/c1-5-6-10(3,4)7-9(2)8-11/h5,7H,1,6H2,2-4H3. The molecule has 0 aromatic carbocycles. The van der Waals surface area contributed by atoms with Gasteiger partial charge in [0.1, 0.15) is 0 Å². The van der Waals surface area contributed by atoms with Crippen LogP contribution in [0.2, 0.25) is 0 Å². The number of hydrogen-bond acceptors (Lipinski definition) is 1. The van der Waals surface area contributed by atoms with Gasteiger partial charge >= 0.3 is 0 Å². The first-order valence-corrected chi connectivity index (χ1v) is 3.72. The third kappa shape index (κ3) is 4.38. The maximum atomic E-state index is 8.52. The van der Waals surface area contributed by atoms with Crippen molar-refractivity contribution in [1.82, 2.24) is 0 Å². The van der Waals surface area contributed by atoms with Crippen LogP contribution in [-0.2, 0) is 0 Å². The summed E-state index contributed by atoms with van der Waals surface area (Å²) in [6, 6.07) is 2.11. The highest BCUT2D eigenvalue weighted by atomic mass is 14.2. The summed E-state index contributed by atoms with van der Waals surface area (Å²) in [4.78, 5) is 0. The van der Waals surface area contributed by atoms with Crippen molar-refractivity contribution in [2.24, 2.45) is 5.41 Å². The first kappa shape index (κ1) is 9.97. The minimum absolute atomic E-state index is 0.0710. The molecular formula is C10H15N. The van der Waals surface area contributed by atoms with Gasteiger partial charge in [0.05, 0.1) is 6.07 Å². The summed E-state index contributed by atoms with van der Waals surface area (Å²) in [5.74, 6) is 0. The molecule has 60 valence electrons. The molecule has 0 N–H and O–H groups in total. The molecule has 1 heteroatoms. The molecule has 1 nitrogen and oxygen atoms in total. The quantitative estimate of drug-likeness (QED) is 0.447. The van der Waals surface area contributed by atoms with Gasteiger partial charge in [0.25, 0.3) is 0 Å². The molecule has 0 aliphatic carbocycles. The van der Waals surface area contributed by atoms with Crippen LogP contribution in [0.15, 0.2) is 24.3 Å². The van der Waals surface area contributed by atoms with E-state index in [0.717, 1.165) is 12.0 Å². The summed E-state index contributed by atoms with van der Waals surface area (Å²) < 4.78 is 0. The highest BCUT2D eigenvalue weighted by molar-refractivity contribution is 5.20. The average Bonchev–Trinajstić information content (AvgIpc) is 1.86. The SMILES string of the molecule is C=CCC(C)(C)C=C(C)C#N. The van der Waals surface area contributed by atoms with Crippen LogP contribution in [0.4, 0.5) is 0 Å². The van der Waals surface area contributed by atoms with Crippen molar-refractivity contribution in [2.45, 2.75) is 27.2 Å². The van der Waals surface area contributed by atoms with E-state index in [-0.39, 0.29) is 5.41 Å². The largest absolute Gasteiger partial charge is 0.193 e. The van der Waals surface area contributed by atoms with Gasteiger partial charge in [-0.2, -0.15) is 5.26 Å². The number of rotatable bonds is 3. The molecule has 0 spiro atoms. The lowest BCUT2D eigenvalue weighted by atomic mass is 9.87. The molecule has 0 rings (SSSR count). The maximum absolute atomic E-state index is 8.52. The van der Waals surface area contributed by atoms with Crippen LogP contribution in [0, 0.1) is 16.7 Å². The van der Waals surface area contributed by atoms with Crippen LogP contribution in [0.1, 0.15) is 27.2 Å². The van der Waals surface area contributed by atoms with E-state index in [4.69, 9.17) is 5.26 Å². The molecule has 0 fully saturated rings. The van der Waals surface area contributed by atoms with Gasteiger partial charge in [-0.1, -0.05) is 26.0 Å². The molecule has 0 aliphatic rings. The normalized spacial score (nSPS) is 12.4. The Hall–Kier alpha value is -1.03. The second kappa shape index (κ2) is 3.98. The number of allylic oxidation sites excluding steroid dienone is 3. The van der Waals surface area contributed by atoms with Gasteiger partial charge in [-0.05, 0) is 18.8 Å². The van der Waals surface area contributed by atoms with E-state index in [1.165, 1.54) is 0 Å².